The summed E-state index contributed by atoms with van der Waals surface area (Å²) in [6.45, 7) is 3.25. The highest BCUT2D eigenvalue weighted by atomic mass is 19.1. The molecule has 198 valence electrons. The fourth-order valence-corrected chi connectivity index (χ4v) is 4.19. The highest BCUT2D eigenvalue weighted by Crippen LogP contribution is 2.33. The van der Waals surface area contributed by atoms with Crippen molar-refractivity contribution in [2.24, 2.45) is 0 Å². The molecule has 39 heavy (non-hydrogen) atoms. The number of rotatable bonds is 7. The van der Waals surface area contributed by atoms with Crippen molar-refractivity contribution in [3.63, 3.8) is 0 Å². The van der Waals surface area contributed by atoms with Crippen LogP contribution in [0.25, 0.3) is 33.4 Å². The molecule has 12 heteroatoms. The third kappa shape index (κ3) is 4.96. The molecule has 1 amide bonds. The summed E-state index contributed by atoms with van der Waals surface area (Å²) in [7, 11) is 0. The molecule has 0 spiro atoms. The average Bonchev–Trinajstić information content (AvgIpc) is 3.29. The molecule has 5 aromatic rings. The number of fused-ring (bicyclic) bond motifs is 1. The monoisotopic (exact) mass is 530 g/mol. The Kier molecular flexibility index (Phi) is 6.84. The van der Waals surface area contributed by atoms with Gasteiger partial charge in [-0.15, -0.1) is 0 Å². The first-order valence-corrected chi connectivity index (χ1v) is 12.1. The summed E-state index contributed by atoms with van der Waals surface area (Å²) in [5.41, 5.74) is 7.91. The normalized spacial score (nSPS) is 11.3. The van der Waals surface area contributed by atoms with Crippen LogP contribution in [0.4, 0.5) is 20.3 Å². The number of pyridine rings is 1. The first-order chi connectivity index (χ1) is 18.8. The number of hydrogen-bond donors (Lipinski definition) is 2. The Labute approximate surface area is 221 Å². The molecule has 10 nitrogen and oxygen atoms in total. The van der Waals surface area contributed by atoms with E-state index in [2.05, 4.69) is 25.4 Å². The molecule has 4 heterocycles. The van der Waals surface area contributed by atoms with Gasteiger partial charge >= 0.3 is 0 Å². The number of amides is 1. The van der Waals surface area contributed by atoms with Gasteiger partial charge in [0.1, 0.15) is 30.3 Å². The van der Waals surface area contributed by atoms with Gasteiger partial charge in [0.15, 0.2) is 5.69 Å². The number of alkyl halides is 1. The van der Waals surface area contributed by atoms with Crippen LogP contribution >= 0.6 is 0 Å². The number of benzene rings is 1. The molecule has 5 rings (SSSR count). The molecule has 0 saturated heterocycles. The van der Waals surface area contributed by atoms with Gasteiger partial charge in [0.05, 0.1) is 29.4 Å². The maximum Gasteiger partial charge on any atom is 0.280 e. The molecule has 0 radical (unpaired) electrons. The number of nitrogens with one attached hydrogen (secondary N) is 1. The zero-order chi connectivity index (χ0) is 27.7. The van der Waals surface area contributed by atoms with Gasteiger partial charge in [-0.05, 0) is 43.7 Å². The molecule has 0 bridgehead atoms. The molecule has 1 aromatic carbocycles. The standard InChI is InChI=1S/C27H24F2N8O2/c1-15(2)37-13-20(21-8-5-17(29)11-31-21)24(38)23(35-37)27(39)34-18-6-3-16(4-7-18)19-12-36(10-9-28)26-22(19)25(30)32-14-33-26/h3-8,11-15H,9-10H2,1-2H3,(H,34,39)(H2,30,32,33). The number of aromatic nitrogens is 6. The second-order valence-electron chi connectivity index (χ2n) is 9.07. The second-order valence-corrected chi connectivity index (χ2v) is 9.07. The molecule has 0 aliphatic rings. The lowest BCUT2D eigenvalue weighted by molar-refractivity contribution is 0.101. The number of halogens is 2. The van der Waals surface area contributed by atoms with E-state index in [0.717, 1.165) is 17.3 Å². The number of hydrogen-bond acceptors (Lipinski definition) is 7. The Morgan fingerprint density at radius 2 is 1.82 bits per heavy atom. The number of nitrogens with zero attached hydrogens (tertiary/aromatic N) is 6. The maximum absolute atomic E-state index is 13.4. The topological polar surface area (TPSA) is 134 Å². The molecule has 4 aromatic heterocycles. The number of anilines is 2. The summed E-state index contributed by atoms with van der Waals surface area (Å²) < 4.78 is 29.6. The Morgan fingerprint density at radius 3 is 2.49 bits per heavy atom. The minimum Gasteiger partial charge on any atom is -0.383 e. The van der Waals surface area contributed by atoms with E-state index >= 15 is 0 Å². The Balaban J connectivity index is 1.47. The van der Waals surface area contributed by atoms with Crippen molar-refractivity contribution in [1.82, 2.24) is 29.3 Å². The Bertz CT molecular complexity index is 1730. The van der Waals surface area contributed by atoms with Gasteiger partial charge in [0.2, 0.25) is 5.43 Å². The van der Waals surface area contributed by atoms with E-state index in [1.807, 2.05) is 13.8 Å². The van der Waals surface area contributed by atoms with E-state index in [-0.39, 0.29) is 35.4 Å². The van der Waals surface area contributed by atoms with Crippen molar-refractivity contribution >= 4 is 28.4 Å². The van der Waals surface area contributed by atoms with Crippen LogP contribution in [-0.4, -0.2) is 41.9 Å². The molecular weight excluding hydrogens is 506 g/mol. The minimum atomic E-state index is -0.705. The van der Waals surface area contributed by atoms with E-state index in [4.69, 9.17) is 5.73 Å². The van der Waals surface area contributed by atoms with Crippen LogP contribution in [0.3, 0.4) is 0 Å². The van der Waals surface area contributed by atoms with Gasteiger partial charge in [-0.3, -0.25) is 19.3 Å². The third-order valence-electron chi connectivity index (χ3n) is 6.15. The van der Waals surface area contributed by atoms with Crippen LogP contribution in [0.2, 0.25) is 0 Å². The highest BCUT2D eigenvalue weighted by molar-refractivity contribution is 6.04. The van der Waals surface area contributed by atoms with Crippen molar-refractivity contribution in [1.29, 1.82) is 0 Å². The zero-order valence-corrected chi connectivity index (χ0v) is 21.1. The fraction of sp³-hybridized carbons (Fsp3) is 0.185. The molecule has 0 fully saturated rings. The van der Waals surface area contributed by atoms with Crippen molar-refractivity contribution in [3.05, 3.63) is 83.1 Å². The van der Waals surface area contributed by atoms with Gasteiger partial charge in [-0.25, -0.2) is 18.7 Å². The molecule has 0 saturated carbocycles. The molecule has 0 aliphatic carbocycles. The lowest BCUT2D eigenvalue weighted by atomic mass is 10.1. The number of aryl methyl sites for hydroxylation is 1. The Hall–Kier alpha value is -5.00. The SMILES string of the molecule is CC(C)n1cc(-c2ccc(F)cn2)c(=O)c(C(=O)Nc2ccc(-c3cn(CCF)c4ncnc(N)c34)cc2)n1. The van der Waals surface area contributed by atoms with E-state index in [0.29, 0.717) is 16.7 Å². The van der Waals surface area contributed by atoms with Gasteiger partial charge in [0, 0.05) is 29.7 Å². The summed E-state index contributed by atoms with van der Waals surface area (Å²) in [5, 5.41) is 7.54. The molecule has 3 N–H and O–H groups in total. The maximum atomic E-state index is 13.4. The summed E-state index contributed by atoms with van der Waals surface area (Å²) >= 11 is 0. The van der Waals surface area contributed by atoms with Crippen molar-refractivity contribution in [2.45, 2.75) is 26.4 Å². The number of nitrogens with two attached hydrogens (primary N) is 1. The fourth-order valence-electron chi connectivity index (χ4n) is 4.19. The molecule has 0 aliphatic heterocycles. The van der Waals surface area contributed by atoms with E-state index in [1.54, 1.807) is 35.0 Å². The van der Waals surface area contributed by atoms with Crippen LogP contribution < -0.4 is 16.5 Å². The first-order valence-electron chi connectivity index (χ1n) is 12.1. The first kappa shape index (κ1) is 25.6. The second kappa shape index (κ2) is 10.4. The lowest BCUT2D eigenvalue weighted by Crippen LogP contribution is -2.28. The zero-order valence-electron chi connectivity index (χ0n) is 21.1. The average molecular weight is 531 g/mol. The Morgan fingerprint density at radius 1 is 1.05 bits per heavy atom. The molecule has 0 unspecified atom stereocenters. The predicted octanol–water partition coefficient (Wildman–Crippen LogP) is 4.24. The lowest BCUT2D eigenvalue weighted by Gasteiger charge is -2.13. The van der Waals surface area contributed by atoms with Crippen molar-refractivity contribution in [3.8, 4) is 22.4 Å². The van der Waals surface area contributed by atoms with Crippen LogP contribution in [-0.2, 0) is 6.54 Å². The number of nitrogen functional groups attached to an aromatic ring is 1. The van der Waals surface area contributed by atoms with Gasteiger partial charge < -0.3 is 15.6 Å². The van der Waals surface area contributed by atoms with Crippen molar-refractivity contribution in [2.75, 3.05) is 17.7 Å². The smallest absolute Gasteiger partial charge is 0.280 e. The van der Waals surface area contributed by atoms with Gasteiger partial charge in [-0.1, -0.05) is 12.1 Å². The van der Waals surface area contributed by atoms with Gasteiger partial charge in [-0.2, -0.15) is 5.10 Å². The van der Waals surface area contributed by atoms with Gasteiger partial charge in [0.25, 0.3) is 5.91 Å². The summed E-state index contributed by atoms with van der Waals surface area (Å²) in [5.74, 6) is -0.975. The van der Waals surface area contributed by atoms with Crippen LogP contribution in [0.1, 0.15) is 30.4 Å². The molecular formula is C27H24F2N8O2. The number of carbonyl (C=O) groups excluding carboxylic acids is 1. The van der Waals surface area contributed by atoms with E-state index < -0.39 is 23.8 Å². The summed E-state index contributed by atoms with van der Waals surface area (Å²) in [6.07, 6.45) is 5.59. The predicted molar refractivity (Wildman–Crippen MR) is 143 cm³/mol. The van der Waals surface area contributed by atoms with E-state index in [1.165, 1.54) is 29.3 Å². The summed E-state index contributed by atoms with van der Waals surface area (Å²) in [4.78, 5) is 38.6. The largest absolute Gasteiger partial charge is 0.383 e. The number of carbonyl (C=O) groups is 1. The molecule has 0 atom stereocenters. The van der Waals surface area contributed by atoms with Crippen LogP contribution in [0.5, 0.6) is 0 Å². The van der Waals surface area contributed by atoms with E-state index in [9.17, 15) is 18.4 Å². The van der Waals surface area contributed by atoms with Crippen LogP contribution in [0, 0.1) is 5.82 Å². The summed E-state index contributed by atoms with van der Waals surface area (Å²) in [6, 6.07) is 9.25. The third-order valence-corrected chi connectivity index (χ3v) is 6.15. The quantitative estimate of drug-likeness (QED) is 0.321. The van der Waals surface area contributed by atoms with Crippen LogP contribution in [0.15, 0.2) is 66.1 Å². The minimum absolute atomic E-state index is 0.120. The highest BCUT2D eigenvalue weighted by Gasteiger charge is 2.20. The van der Waals surface area contributed by atoms with Crippen molar-refractivity contribution < 1.29 is 13.6 Å².